The number of ether oxygens (including phenoxy) is 1. The van der Waals surface area contributed by atoms with E-state index in [-0.39, 0.29) is 11.9 Å². The Morgan fingerprint density at radius 1 is 1.56 bits per heavy atom. The number of amides is 1. The number of methoxy groups -OCH3 is 1. The number of nitriles is 1. The van der Waals surface area contributed by atoms with Gasteiger partial charge in [-0.1, -0.05) is 13.0 Å². The monoisotopic (exact) mass is 246 g/mol. The van der Waals surface area contributed by atoms with Gasteiger partial charge < -0.3 is 10.1 Å². The van der Waals surface area contributed by atoms with Crippen LogP contribution in [0.15, 0.2) is 18.2 Å². The topological polar surface area (TPSA) is 62.1 Å². The van der Waals surface area contributed by atoms with Crippen molar-refractivity contribution >= 4 is 5.91 Å². The van der Waals surface area contributed by atoms with Gasteiger partial charge in [-0.25, -0.2) is 0 Å². The maximum Gasteiger partial charge on any atom is 0.251 e. The highest BCUT2D eigenvalue weighted by Crippen LogP contribution is 2.19. The van der Waals surface area contributed by atoms with Gasteiger partial charge in [0, 0.05) is 11.6 Å². The molecule has 0 saturated heterocycles. The van der Waals surface area contributed by atoms with Gasteiger partial charge in [0.1, 0.15) is 5.75 Å². The molecule has 0 heterocycles. The largest absolute Gasteiger partial charge is 0.496 e. The molecule has 0 spiro atoms. The van der Waals surface area contributed by atoms with Gasteiger partial charge in [0.15, 0.2) is 0 Å². The van der Waals surface area contributed by atoms with Crippen molar-refractivity contribution in [2.75, 3.05) is 7.11 Å². The molecule has 0 aliphatic heterocycles. The molecule has 0 fully saturated rings. The number of hydrogen-bond donors (Lipinski definition) is 1. The van der Waals surface area contributed by atoms with E-state index in [4.69, 9.17) is 10.00 Å². The molecule has 1 unspecified atom stereocenters. The number of carbonyl (C=O) groups is 1. The van der Waals surface area contributed by atoms with Crippen LogP contribution in [-0.2, 0) is 0 Å². The maximum absolute atomic E-state index is 12.0. The Bertz CT molecular complexity index is 463. The van der Waals surface area contributed by atoms with Gasteiger partial charge in [-0.2, -0.15) is 5.26 Å². The Labute approximate surface area is 108 Å². The summed E-state index contributed by atoms with van der Waals surface area (Å²) in [6.45, 7) is 3.86. The fraction of sp³-hybridized carbons (Fsp3) is 0.429. The number of benzene rings is 1. The summed E-state index contributed by atoms with van der Waals surface area (Å²) < 4.78 is 5.18. The molecule has 1 amide bonds. The van der Waals surface area contributed by atoms with Crippen molar-refractivity contribution in [3.63, 3.8) is 0 Å². The molecule has 1 atom stereocenters. The molecule has 0 aromatic heterocycles. The van der Waals surface area contributed by atoms with Gasteiger partial charge in [0.25, 0.3) is 5.91 Å². The third-order valence-electron chi connectivity index (χ3n) is 2.84. The van der Waals surface area contributed by atoms with Crippen molar-refractivity contribution in [1.82, 2.24) is 5.32 Å². The fourth-order valence-electron chi connectivity index (χ4n) is 1.64. The van der Waals surface area contributed by atoms with Crippen LogP contribution in [0.3, 0.4) is 0 Å². The molecule has 96 valence electrons. The smallest absolute Gasteiger partial charge is 0.251 e. The molecule has 1 rings (SSSR count). The predicted octanol–water partition coefficient (Wildman–Crippen LogP) is 2.43. The van der Waals surface area contributed by atoms with E-state index < -0.39 is 0 Å². The van der Waals surface area contributed by atoms with Crippen LogP contribution in [0.4, 0.5) is 0 Å². The fourth-order valence-corrected chi connectivity index (χ4v) is 1.64. The number of hydrogen-bond acceptors (Lipinski definition) is 3. The van der Waals surface area contributed by atoms with Crippen LogP contribution < -0.4 is 10.1 Å². The quantitative estimate of drug-likeness (QED) is 0.867. The van der Waals surface area contributed by atoms with Crippen molar-refractivity contribution in [1.29, 1.82) is 5.26 Å². The molecule has 0 aliphatic carbocycles. The van der Waals surface area contributed by atoms with E-state index >= 15 is 0 Å². The second-order valence-corrected chi connectivity index (χ2v) is 4.13. The van der Waals surface area contributed by atoms with Crippen molar-refractivity contribution in [3.05, 3.63) is 29.3 Å². The highest BCUT2D eigenvalue weighted by molar-refractivity contribution is 5.94. The molecule has 1 N–H and O–H groups in total. The molecule has 1 aromatic carbocycles. The molecule has 0 radical (unpaired) electrons. The number of carbonyl (C=O) groups excluding carboxylic acids is 1. The van der Waals surface area contributed by atoms with E-state index in [2.05, 4.69) is 11.4 Å². The Balaban J connectivity index is 2.81. The van der Waals surface area contributed by atoms with Crippen LogP contribution in [0.1, 0.15) is 35.7 Å². The van der Waals surface area contributed by atoms with Crippen LogP contribution in [0.2, 0.25) is 0 Å². The Kier molecular flexibility index (Phi) is 5.19. The van der Waals surface area contributed by atoms with Crippen LogP contribution in [-0.4, -0.2) is 19.1 Å². The summed E-state index contributed by atoms with van der Waals surface area (Å²) in [5, 5.41) is 11.5. The summed E-state index contributed by atoms with van der Waals surface area (Å²) in [4.78, 5) is 12.0. The predicted molar refractivity (Wildman–Crippen MR) is 69.5 cm³/mol. The maximum atomic E-state index is 12.0. The second kappa shape index (κ2) is 6.65. The summed E-state index contributed by atoms with van der Waals surface area (Å²) >= 11 is 0. The second-order valence-electron chi connectivity index (χ2n) is 4.13. The van der Waals surface area contributed by atoms with E-state index in [9.17, 15) is 4.79 Å². The molecule has 0 aliphatic rings. The third kappa shape index (κ3) is 3.49. The van der Waals surface area contributed by atoms with Crippen molar-refractivity contribution < 1.29 is 9.53 Å². The summed E-state index contributed by atoms with van der Waals surface area (Å²) in [5.41, 5.74) is 1.53. The lowest BCUT2D eigenvalue weighted by atomic mass is 10.1. The lowest BCUT2D eigenvalue weighted by Crippen LogP contribution is -2.34. The molecular formula is C14H18N2O2. The summed E-state index contributed by atoms with van der Waals surface area (Å²) in [6.07, 6.45) is 1.06. The summed E-state index contributed by atoms with van der Waals surface area (Å²) in [5.74, 6) is 0.520. The number of rotatable bonds is 5. The number of aryl methyl sites for hydroxylation is 1. The molecule has 18 heavy (non-hydrogen) atoms. The molecule has 4 heteroatoms. The minimum atomic E-state index is -0.171. The first-order chi connectivity index (χ1) is 8.62. The van der Waals surface area contributed by atoms with E-state index in [0.717, 1.165) is 12.0 Å². The summed E-state index contributed by atoms with van der Waals surface area (Å²) in [7, 11) is 1.58. The molecule has 0 bridgehead atoms. The van der Waals surface area contributed by atoms with Gasteiger partial charge in [0.2, 0.25) is 0 Å². The summed E-state index contributed by atoms with van der Waals surface area (Å²) in [6, 6.07) is 7.28. The zero-order chi connectivity index (χ0) is 13.5. The molecule has 0 saturated carbocycles. The Hall–Kier alpha value is -2.02. The van der Waals surface area contributed by atoms with Crippen molar-refractivity contribution in [2.45, 2.75) is 32.7 Å². The Morgan fingerprint density at radius 2 is 2.28 bits per heavy atom. The first-order valence-corrected chi connectivity index (χ1v) is 5.94. The van der Waals surface area contributed by atoms with Crippen molar-refractivity contribution in [2.24, 2.45) is 0 Å². The van der Waals surface area contributed by atoms with E-state index in [1.807, 2.05) is 19.9 Å². The lowest BCUT2D eigenvalue weighted by Gasteiger charge is -2.14. The standard InChI is InChI=1S/C14H18N2O2/c1-4-12(7-8-15)16-14(17)11-6-5-10(2)13(9-11)18-3/h5-6,9,12H,4,7H2,1-3H3,(H,16,17). The van der Waals surface area contributed by atoms with E-state index in [1.165, 1.54) is 0 Å². The minimum Gasteiger partial charge on any atom is -0.496 e. The zero-order valence-corrected chi connectivity index (χ0v) is 11.0. The SMILES string of the molecule is CCC(CC#N)NC(=O)c1ccc(C)c(OC)c1. The van der Waals surface area contributed by atoms with Gasteiger partial charge in [-0.3, -0.25) is 4.79 Å². The molecule has 1 aromatic rings. The first kappa shape index (κ1) is 14.0. The average Bonchev–Trinajstić information content (AvgIpc) is 2.38. The van der Waals surface area contributed by atoms with Crippen molar-refractivity contribution in [3.8, 4) is 11.8 Å². The van der Waals surface area contributed by atoms with Crippen LogP contribution in [0.25, 0.3) is 0 Å². The Morgan fingerprint density at radius 3 is 2.83 bits per heavy atom. The van der Waals surface area contributed by atoms with E-state index in [1.54, 1.807) is 19.2 Å². The molecular weight excluding hydrogens is 228 g/mol. The van der Waals surface area contributed by atoms with Gasteiger partial charge >= 0.3 is 0 Å². The number of nitrogens with zero attached hydrogens (tertiary/aromatic N) is 1. The van der Waals surface area contributed by atoms with Gasteiger partial charge in [-0.05, 0) is 31.0 Å². The van der Waals surface area contributed by atoms with E-state index in [0.29, 0.717) is 17.7 Å². The van der Waals surface area contributed by atoms with Gasteiger partial charge in [0.05, 0.1) is 19.6 Å². The lowest BCUT2D eigenvalue weighted by molar-refractivity contribution is 0.0936. The van der Waals surface area contributed by atoms with Gasteiger partial charge in [-0.15, -0.1) is 0 Å². The first-order valence-electron chi connectivity index (χ1n) is 5.94. The average molecular weight is 246 g/mol. The zero-order valence-electron chi connectivity index (χ0n) is 11.0. The van der Waals surface area contributed by atoms with Crippen LogP contribution in [0, 0.1) is 18.3 Å². The highest BCUT2D eigenvalue weighted by atomic mass is 16.5. The third-order valence-corrected chi connectivity index (χ3v) is 2.84. The minimum absolute atomic E-state index is 0.102. The van der Waals surface area contributed by atoms with Crippen LogP contribution in [0.5, 0.6) is 5.75 Å². The van der Waals surface area contributed by atoms with Crippen LogP contribution >= 0.6 is 0 Å². The highest BCUT2D eigenvalue weighted by Gasteiger charge is 2.13. The molecule has 4 nitrogen and oxygen atoms in total. The number of nitrogens with one attached hydrogen (secondary N) is 1. The normalized spacial score (nSPS) is 11.4.